The van der Waals surface area contributed by atoms with Gasteiger partial charge in [0.2, 0.25) is 0 Å². The third-order valence-corrected chi connectivity index (χ3v) is 3.90. The molecular formula is C18H16Cl2N4O2. The molecule has 0 bridgehead atoms. The van der Waals surface area contributed by atoms with Gasteiger partial charge in [-0.25, -0.2) is 0 Å². The zero-order chi connectivity index (χ0) is 19.1. The Bertz CT molecular complexity index is 837. The van der Waals surface area contributed by atoms with E-state index in [9.17, 15) is 4.79 Å². The number of nitrogens with zero attached hydrogens (tertiary/aromatic N) is 4. The molecule has 0 radical (unpaired) electrons. The summed E-state index contributed by atoms with van der Waals surface area (Å²) in [5.74, 6) is -0.412. The van der Waals surface area contributed by atoms with E-state index in [1.807, 2.05) is 13.0 Å². The van der Waals surface area contributed by atoms with Crippen LogP contribution in [0.15, 0.2) is 46.6 Å². The average molecular weight is 391 g/mol. The van der Waals surface area contributed by atoms with Gasteiger partial charge in [-0.2, -0.15) is 10.4 Å². The summed E-state index contributed by atoms with van der Waals surface area (Å²) in [4.78, 5) is 12.6. The molecule has 0 N–H and O–H groups in total. The first kappa shape index (κ1) is 19.7. The quantitative estimate of drug-likeness (QED) is 0.279. The van der Waals surface area contributed by atoms with Crippen LogP contribution in [0.1, 0.15) is 12.5 Å². The van der Waals surface area contributed by atoms with Crippen molar-refractivity contribution in [2.75, 3.05) is 18.2 Å². The number of azo groups is 1. The highest BCUT2D eigenvalue weighted by Gasteiger charge is 2.08. The number of benzene rings is 2. The Hall–Kier alpha value is -2.62. The summed E-state index contributed by atoms with van der Waals surface area (Å²) >= 11 is 12.3. The molecule has 0 saturated heterocycles. The standard InChI is InChI=1S/C18H16Cl2N4O2/c1-12-9-16(19)18(17(20)10-12)23-22-14-3-5-15(6-4-14)24(8-7-21)11-26-13(2)25/h3-6,9-10H,8,11H2,1-2H3. The van der Waals surface area contributed by atoms with Gasteiger partial charge >= 0.3 is 5.97 Å². The SMILES string of the molecule is CC(=O)OCN(CC#N)c1ccc(N=Nc2c(Cl)cc(C)cc2Cl)cc1. The normalized spacial score (nSPS) is 10.6. The number of nitriles is 1. The van der Waals surface area contributed by atoms with Crippen molar-refractivity contribution in [1.82, 2.24) is 0 Å². The van der Waals surface area contributed by atoms with Gasteiger partial charge in [-0.1, -0.05) is 23.2 Å². The van der Waals surface area contributed by atoms with E-state index in [1.165, 1.54) is 6.92 Å². The predicted molar refractivity (Wildman–Crippen MR) is 101 cm³/mol. The largest absolute Gasteiger partial charge is 0.444 e. The Morgan fingerprint density at radius 1 is 1.19 bits per heavy atom. The van der Waals surface area contributed by atoms with E-state index < -0.39 is 5.97 Å². The summed E-state index contributed by atoms with van der Waals surface area (Å²) < 4.78 is 4.95. The van der Waals surface area contributed by atoms with Crippen molar-refractivity contribution in [1.29, 1.82) is 5.26 Å². The molecule has 2 aromatic carbocycles. The van der Waals surface area contributed by atoms with E-state index in [1.54, 1.807) is 41.3 Å². The average Bonchev–Trinajstić information content (AvgIpc) is 2.58. The third-order valence-electron chi connectivity index (χ3n) is 3.33. The Labute approximate surface area is 161 Å². The van der Waals surface area contributed by atoms with Crippen LogP contribution in [-0.4, -0.2) is 19.2 Å². The van der Waals surface area contributed by atoms with Gasteiger partial charge in [-0.3, -0.25) is 4.79 Å². The summed E-state index contributed by atoms with van der Waals surface area (Å²) in [6.45, 7) is 3.29. The van der Waals surface area contributed by atoms with Crippen LogP contribution in [0.3, 0.4) is 0 Å². The van der Waals surface area contributed by atoms with Crippen molar-refractivity contribution < 1.29 is 9.53 Å². The fourth-order valence-electron chi connectivity index (χ4n) is 2.09. The number of carbonyl (C=O) groups is 1. The first-order chi connectivity index (χ1) is 12.4. The summed E-state index contributed by atoms with van der Waals surface area (Å²) in [7, 11) is 0. The second kappa shape index (κ2) is 9.18. The zero-order valence-electron chi connectivity index (χ0n) is 14.2. The van der Waals surface area contributed by atoms with Crippen LogP contribution in [0, 0.1) is 18.3 Å². The first-order valence-electron chi connectivity index (χ1n) is 7.63. The first-order valence-corrected chi connectivity index (χ1v) is 8.39. The zero-order valence-corrected chi connectivity index (χ0v) is 15.8. The topological polar surface area (TPSA) is 78.0 Å². The maximum Gasteiger partial charge on any atom is 0.304 e. The lowest BCUT2D eigenvalue weighted by molar-refractivity contribution is -0.140. The molecule has 26 heavy (non-hydrogen) atoms. The highest BCUT2D eigenvalue weighted by Crippen LogP contribution is 2.35. The molecule has 0 aliphatic rings. The molecule has 0 unspecified atom stereocenters. The molecule has 0 fully saturated rings. The van der Waals surface area contributed by atoms with Crippen LogP contribution in [-0.2, 0) is 9.53 Å². The number of esters is 1. The van der Waals surface area contributed by atoms with E-state index in [0.717, 1.165) is 11.3 Å². The molecule has 0 atom stereocenters. The van der Waals surface area contributed by atoms with Crippen molar-refractivity contribution in [3.63, 3.8) is 0 Å². The van der Waals surface area contributed by atoms with E-state index in [0.29, 0.717) is 21.4 Å². The van der Waals surface area contributed by atoms with Gasteiger partial charge in [0.1, 0.15) is 12.2 Å². The van der Waals surface area contributed by atoms with Crippen LogP contribution >= 0.6 is 23.2 Å². The Balaban J connectivity index is 2.16. The lowest BCUT2D eigenvalue weighted by Crippen LogP contribution is -2.27. The third kappa shape index (κ3) is 5.45. The molecule has 0 aliphatic heterocycles. The van der Waals surface area contributed by atoms with E-state index in [4.69, 9.17) is 33.2 Å². The number of ether oxygens (including phenoxy) is 1. The molecule has 0 aromatic heterocycles. The second-order valence-electron chi connectivity index (χ2n) is 5.41. The molecule has 0 saturated carbocycles. The van der Waals surface area contributed by atoms with Gasteiger partial charge in [-0.15, -0.1) is 5.11 Å². The molecular weight excluding hydrogens is 375 g/mol. The van der Waals surface area contributed by atoms with Gasteiger partial charge in [0.05, 0.1) is 21.8 Å². The van der Waals surface area contributed by atoms with Crippen LogP contribution in [0.4, 0.5) is 17.1 Å². The van der Waals surface area contributed by atoms with Crippen LogP contribution in [0.2, 0.25) is 10.0 Å². The molecule has 2 aromatic rings. The van der Waals surface area contributed by atoms with Crippen molar-refractivity contribution >= 4 is 46.2 Å². The Morgan fingerprint density at radius 2 is 1.81 bits per heavy atom. The van der Waals surface area contributed by atoms with Crippen LogP contribution in [0.5, 0.6) is 0 Å². The summed E-state index contributed by atoms with van der Waals surface area (Å²) in [6, 6.07) is 12.5. The number of rotatable bonds is 6. The highest BCUT2D eigenvalue weighted by atomic mass is 35.5. The number of halogens is 2. The minimum Gasteiger partial charge on any atom is -0.444 e. The lowest BCUT2D eigenvalue weighted by Gasteiger charge is -2.20. The van der Waals surface area contributed by atoms with Crippen molar-refractivity contribution in [3.05, 3.63) is 52.0 Å². The van der Waals surface area contributed by atoms with Crippen LogP contribution < -0.4 is 4.90 Å². The molecule has 0 heterocycles. The molecule has 6 nitrogen and oxygen atoms in total. The number of hydrogen-bond donors (Lipinski definition) is 0. The fraction of sp³-hybridized carbons (Fsp3) is 0.222. The second-order valence-corrected chi connectivity index (χ2v) is 6.23. The lowest BCUT2D eigenvalue weighted by atomic mass is 10.2. The smallest absolute Gasteiger partial charge is 0.304 e. The minimum atomic E-state index is -0.412. The molecule has 0 aliphatic carbocycles. The molecule has 8 heteroatoms. The van der Waals surface area contributed by atoms with E-state index >= 15 is 0 Å². The van der Waals surface area contributed by atoms with Crippen LogP contribution in [0.25, 0.3) is 0 Å². The minimum absolute atomic E-state index is 0.00165. The van der Waals surface area contributed by atoms with Gasteiger partial charge in [0, 0.05) is 12.6 Å². The molecule has 134 valence electrons. The molecule has 0 amide bonds. The van der Waals surface area contributed by atoms with Crippen molar-refractivity contribution in [2.45, 2.75) is 13.8 Å². The van der Waals surface area contributed by atoms with Gasteiger partial charge in [0.25, 0.3) is 0 Å². The maximum atomic E-state index is 11.0. The van der Waals surface area contributed by atoms with Crippen molar-refractivity contribution in [3.8, 4) is 6.07 Å². The van der Waals surface area contributed by atoms with Crippen molar-refractivity contribution in [2.24, 2.45) is 10.2 Å². The monoisotopic (exact) mass is 390 g/mol. The fourth-order valence-corrected chi connectivity index (χ4v) is 2.76. The Morgan fingerprint density at radius 3 is 2.35 bits per heavy atom. The van der Waals surface area contributed by atoms with E-state index in [2.05, 4.69) is 10.2 Å². The molecule has 2 rings (SSSR count). The van der Waals surface area contributed by atoms with Gasteiger partial charge in [-0.05, 0) is 48.9 Å². The number of aryl methyl sites for hydroxylation is 1. The number of hydrogen-bond acceptors (Lipinski definition) is 6. The Kier molecular flexibility index (Phi) is 6.96. The molecule has 0 spiro atoms. The summed E-state index contributed by atoms with van der Waals surface area (Å²) in [5, 5.41) is 18.0. The van der Waals surface area contributed by atoms with E-state index in [-0.39, 0.29) is 13.3 Å². The maximum absolute atomic E-state index is 11.0. The van der Waals surface area contributed by atoms with Gasteiger partial charge in [0.15, 0.2) is 6.73 Å². The number of anilines is 1. The highest BCUT2D eigenvalue weighted by molar-refractivity contribution is 6.38. The van der Waals surface area contributed by atoms with Gasteiger partial charge < -0.3 is 9.64 Å². The predicted octanol–water partition coefficient (Wildman–Crippen LogP) is 5.57. The number of carbonyl (C=O) groups excluding carboxylic acids is 1. The summed E-state index contributed by atoms with van der Waals surface area (Å²) in [6.07, 6.45) is 0. The summed E-state index contributed by atoms with van der Waals surface area (Å²) in [5.41, 5.74) is 2.65.